The number of hydrogen-bond donors (Lipinski definition) is 1. The van der Waals surface area contributed by atoms with Crippen molar-refractivity contribution < 1.29 is 22.7 Å². The van der Waals surface area contributed by atoms with Gasteiger partial charge in [-0.25, -0.2) is 8.42 Å². The Morgan fingerprint density at radius 2 is 2.00 bits per heavy atom. The highest BCUT2D eigenvalue weighted by Crippen LogP contribution is 2.30. The van der Waals surface area contributed by atoms with Gasteiger partial charge in [0.25, 0.3) is 0 Å². The normalized spacial score (nSPS) is 16.2. The summed E-state index contributed by atoms with van der Waals surface area (Å²) < 4.78 is 38.0. The van der Waals surface area contributed by atoms with Crippen molar-refractivity contribution in [3.8, 4) is 5.75 Å². The topological polar surface area (TPSA) is 84.9 Å². The fraction of sp³-hybridized carbons (Fsp3) is 0.650. The van der Waals surface area contributed by atoms with Gasteiger partial charge in [0.1, 0.15) is 5.75 Å². The zero-order valence-corrected chi connectivity index (χ0v) is 18.9. The lowest BCUT2D eigenvalue weighted by Gasteiger charge is -2.30. The number of amides is 1. The smallest absolute Gasteiger partial charge is 0.243 e. The first-order valence-corrected chi connectivity index (χ1v) is 11.9. The number of hydrogen-bond acceptors (Lipinski definition) is 5. The van der Waals surface area contributed by atoms with E-state index in [2.05, 4.69) is 5.32 Å². The summed E-state index contributed by atoms with van der Waals surface area (Å²) >= 11 is 6.14. The van der Waals surface area contributed by atoms with Crippen LogP contribution in [-0.4, -0.2) is 57.6 Å². The van der Waals surface area contributed by atoms with Crippen molar-refractivity contribution in [2.24, 2.45) is 5.92 Å². The predicted molar refractivity (Wildman–Crippen MR) is 113 cm³/mol. The van der Waals surface area contributed by atoms with E-state index < -0.39 is 10.0 Å². The molecule has 0 atom stereocenters. The van der Waals surface area contributed by atoms with Gasteiger partial charge in [-0.3, -0.25) is 4.79 Å². The van der Waals surface area contributed by atoms with Crippen LogP contribution in [0.5, 0.6) is 5.75 Å². The fourth-order valence-electron chi connectivity index (χ4n) is 3.17. The van der Waals surface area contributed by atoms with Gasteiger partial charge in [0.2, 0.25) is 15.9 Å². The fourth-order valence-corrected chi connectivity index (χ4v) is 4.97. The molecule has 1 N–H and O–H groups in total. The summed E-state index contributed by atoms with van der Waals surface area (Å²) in [6.07, 6.45) is 1.94. The van der Waals surface area contributed by atoms with E-state index in [1.165, 1.54) is 16.4 Å². The van der Waals surface area contributed by atoms with E-state index in [1.54, 1.807) is 6.07 Å². The summed E-state index contributed by atoms with van der Waals surface area (Å²) in [6, 6.07) is 4.49. The van der Waals surface area contributed by atoms with Crippen LogP contribution in [0.25, 0.3) is 0 Å². The van der Waals surface area contributed by atoms with Crippen LogP contribution >= 0.6 is 11.6 Å². The van der Waals surface area contributed by atoms with Crippen LogP contribution < -0.4 is 10.1 Å². The lowest BCUT2D eigenvalue weighted by atomic mass is 9.97. The van der Waals surface area contributed by atoms with E-state index in [-0.39, 0.29) is 27.8 Å². The Bertz CT molecular complexity index is 777. The molecular formula is C20H31ClN2O5S. The molecule has 0 aromatic heterocycles. The molecule has 1 saturated heterocycles. The lowest BCUT2D eigenvalue weighted by molar-refractivity contribution is -0.126. The molecule has 1 aliphatic heterocycles. The first-order valence-electron chi connectivity index (χ1n) is 10.1. The second-order valence-electron chi connectivity index (χ2n) is 7.27. The Morgan fingerprint density at radius 3 is 2.59 bits per heavy atom. The molecule has 29 heavy (non-hydrogen) atoms. The van der Waals surface area contributed by atoms with Gasteiger partial charge in [0, 0.05) is 32.2 Å². The largest absolute Gasteiger partial charge is 0.492 e. The maximum Gasteiger partial charge on any atom is 0.243 e. The van der Waals surface area contributed by atoms with Crippen molar-refractivity contribution in [1.82, 2.24) is 9.62 Å². The zero-order chi connectivity index (χ0) is 21.4. The van der Waals surface area contributed by atoms with Crippen molar-refractivity contribution in [1.29, 1.82) is 0 Å². The number of carbonyl (C=O) groups is 1. The maximum atomic E-state index is 12.9. The summed E-state index contributed by atoms with van der Waals surface area (Å²) in [4.78, 5) is 12.5. The Morgan fingerprint density at radius 1 is 1.31 bits per heavy atom. The minimum absolute atomic E-state index is 0.0179. The summed E-state index contributed by atoms with van der Waals surface area (Å²) in [5, 5.41) is 3.19. The summed E-state index contributed by atoms with van der Waals surface area (Å²) in [5.74, 6) is 0.273. The molecule has 9 heteroatoms. The lowest BCUT2D eigenvalue weighted by Crippen LogP contribution is -2.43. The highest BCUT2D eigenvalue weighted by atomic mass is 35.5. The van der Waals surface area contributed by atoms with Crippen LogP contribution in [0, 0.1) is 5.92 Å². The number of piperidine rings is 1. The average Bonchev–Trinajstić information content (AvgIpc) is 2.69. The van der Waals surface area contributed by atoms with Gasteiger partial charge in [0.05, 0.1) is 22.6 Å². The van der Waals surface area contributed by atoms with E-state index in [0.717, 1.165) is 6.42 Å². The van der Waals surface area contributed by atoms with E-state index in [4.69, 9.17) is 21.1 Å². The van der Waals surface area contributed by atoms with E-state index in [1.807, 2.05) is 20.8 Å². The highest BCUT2D eigenvalue weighted by molar-refractivity contribution is 7.89. The van der Waals surface area contributed by atoms with Crippen molar-refractivity contribution in [3.63, 3.8) is 0 Å². The van der Waals surface area contributed by atoms with Crippen LogP contribution in [0.3, 0.4) is 0 Å². The first kappa shape index (κ1) is 23.9. The Kier molecular flexibility index (Phi) is 9.20. The van der Waals surface area contributed by atoms with Crippen molar-refractivity contribution in [2.45, 2.75) is 51.0 Å². The minimum atomic E-state index is -3.65. The number of rotatable bonds is 10. The number of nitrogens with one attached hydrogen (secondary N) is 1. The van der Waals surface area contributed by atoms with Gasteiger partial charge < -0.3 is 14.8 Å². The van der Waals surface area contributed by atoms with Gasteiger partial charge in [0.15, 0.2) is 0 Å². The summed E-state index contributed by atoms with van der Waals surface area (Å²) in [7, 11) is -3.65. The van der Waals surface area contributed by atoms with Crippen LogP contribution in [0.1, 0.15) is 40.0 Å². The van der Waals surface area contributed by atoms with Gasteiger partial charge in [-0.2, -0.15) is 4.31 Å². The SMILES string of the molecule is CCOc1ccc(S(=O)(=O)N2CCC(C(=O)NCCCOC(C)C)CC2)cc1Cl. The molecule has 1 amide bonds. The molecule has 0 radical (unpaired) electrons. The number of sulfonamides is 1. The van der Waals surface area contributed by atoms with E-state index in [0.29, 0.717) is 51.4 Å². The van der Waals surface area contributed by atoms with Gasteiger partial charge >= 0.3 is 0 Å². The number of nitrogens with zero attached hydrogens (tertiary/aromatic N) is 1. The van der Waals surface area contributed by atoms with Crippen LogP contribution in [0.2, 0.25) is 5.02 Å². The predicted octanol–water partition coefficient (Wildman–Crippen LogP) is 3.07. The number of carbonyl (C=O) groups excluding carboxylic acids is 1. The molecule has 1 aromatic rings. The number of benzene rings is 1. The molecule has 0 spiro atoms. The summed E-state index contributed by atoms with van der Waals surface area (Å²) in [5.41, 5.74) is 0. The third-order valence-corrected chi connectivity index (χ3v) is 6.93. The molecule has 164 valence electrons. The van der Waals surface area contributed by atoms with E-state index >= 15 is 0 Å². The molecule has 0 aliphatic carbocycles. The number of halogens is 1. The van der Waals surface area contributed by atoms with Gasteiger partial charge in [-0.15, -0.1) is 0 Å². The second kappa shape index (κ2) is 11.2. The molecule has 0 unspecified atom stereocenters. The van der Waals surface area contributed by atoms with Crippen LogP contribution in [0.4, 0.5) is 0 Å². The Labute approximate surface area is 178 Å². The summed E-state index contributed by atoms with van der Waals surface area (Å²) in [6.45, 7) is 8.02. The number of ether oxygens (including phenoxy) is 2. The standard InChI is InChI=1S/C20H31ClN2O5S/c1-4-27-19-7-6-17(14-18(19)21)29(25,26)23-11-8-16(9-12-23)20(24)22-10-5-13-28-15(2)3/h6-7,14-16H,4-5,8-13H2,1-3H3,(H,22,24). The molecular weight excluding hydrogens is 416 g/mol. The molecule has 1 fully saturated rings. The monoisotopic (exact) mass is 446 g/mol. The molecule has 1 heterocycles. The van der Waals surface area contributed by atoms with Crippen LogP contribution in [-0.2, 0) is 19.6 Å². The molecule has 0 bridgehead atoms. The average molecular weight is 447 g/mol. The van der Waals surface area contributed by atoms with Gasteiger partial charge in [-0.1, -0.05) is 11.6 Å². The maximum absolute atomic E-state index is 12.9. The van der Waals surface area contributed by atoms with Gasteiger partial charge in [-0.05, 0) is 58.2 Å². The zero-order valence-electron chi connectivity index (χ0n) is 17.3. The van der Waals surface area contributed by atoms with E-state index in [9.17, 15) is 13.2 Å². The quantitative estimate of drug-likeness (QED) is 0.558. The third-order valence-electron chi connectivity index (χ3n) is 4.74. The molecule has 1 aliphatic rings. The van der Waals surface area contributed by atoms with Crippen molar-refractivity contribution >= 4 is 27.5 Å². The first-order chi connectivity index (χ1) is 13.8. The Balaban J connectivity index is 1.86. The van der Waals surface area contributed by atoms with Crippen molar-refractivity contribution in [2.75, 3.05) is 32.8 Å². The second-order valence-corrected chi connectivity index (χ2v) is 9.61. The third kappa shape index (κ3) is 6.84. The van der Waals surface area contributed by atoms with Crippen molar-refractivity contribution in [3.05, 3.63) is 23.2 Å². The highest BCUT2D eigenvalue weighted by Gasteiger charge is 2.32. The Hall–Kier alpha value is -1.35. The molecule has 7 nitrogen and oxygen atoms in total. The molecule has 2 rings (SSSR count). The minimum Gasteiger partial charge on any atom is -0.492 e. The molecule has 1 aromatic carbocycles. The molecule has 0 saturated carbocycles. The van der Waals surface area contributed by atoms with Crippen LogP contribution in [0.15, 0.2) is 23.1 Å².